The molecule has 1 aliphatic rings. The first kappa shape index (κ1) is 17.7. The number of carbonyl (C=O) groups excluding carboxylic acids is 1. The molecule has 2 aromatic rings. The van der Waals surface area contributed by atoms with Crippen molar-refractivity contribution in [1.82, 2.24) is 14.9 Å². The zero-order chi connectivity index (χ0) is 17.8. The van der Waals surface area contributed by atoms with E-state index in [-0.39, 0.29) is 5.91 Å². The van der Waals surface area contributed by atoms with Gasteiger partial charge in [0.1, 0.15) is 5.69 Å². The molecule has 1 aromatic carbocycles. The Morgan fingerprint density at radius 1 is 1.08 bits per heavy atom. The summed E-state index contributed by atoms with van der Waals surface area (Å²) in [5.41, 5.74) is 3.01. The Morgan fingerprint density at radius 3 is 2.48 bits per heavy atom. The van der Waals surface area contributed by atoms with Crippen molar-refractivity contribution in [3.8, 4) is 0 Å². The maximum absolute atomic E-state index is 12.8. The number of nitrogens with one attached hydrogen (secondary N) is 1. The third-order valence-corrected chi connectivity index (χ3v) is 4.80. The van der Waals surface area contributed by atoms with Gasteiger partial charge in [0.15, 0.2) is 0 Å². The summed E-state index contributed by atoms with van der Waals surface area (Å²) >= 11 is 6.17. The van der Waals surface area contributed by atoms with Crippen LogP contribution in [0.3, 0.4) is 0 Å². The second-order valence-corrected chi connectivity index (χ2v) is 6.92. The molecule has 3 rings (SSSR count). The zero-order valence-corrected chi connectivity index (χ0v) is 15.4. The van der Waals surface area contributed by atoms with Gasteiger partial charge in [0, 0.05) is 29.5 Å². The number of hydrogen-bond donors (Lipinski definition) is 1. The van der Waals surface area contributed by atoms with Crippen molar-refractivity contribution in [3.63, 3.8) is 0 Å². The standard InChI is InChI=1S/C19H23ClN4O/c1-13-7-8-15(12-16(13)20)22-19-21-14(2)11-17(23-19)18(25)24-9-5-3-4-6-10-24/h7-8,11-12H,3-6,9-10H2,1-2H3,(H,21,22,23). The molecular formula is C19H23ClN4O. The highest BCUT2D eigenvalue weighted by Gasteiger charge is 2.19. The van der Waals surface area contributed by atoms with Gasteiger partial charge in [0.05, 0.1) is 0 Å². The van der Waals surface area contributed by atoms with Gasteiger partial charge in [-0.2, -0.15) is 0 Å². The van der Waals surface area contributed by atoms with Crippen LogP contribution in [0.1, 0.15) is 47.4 Å². The normalized spacial score (nSPS) is 14.9. The lowest BCUT2D eigenvalue weighted by atomic mass is 10.2. The third kappa shape index (κ3) is 4.48. The second-order valence-electron chi connectivity index (χ2n) is 6.51. The minimum Gasteiger partial charge on any atom is -0.337 e. The summed E-state index contributed by atoms with van der Waals surface area (Å²) in [4.78, 5) is 23.5. The van der Waals surface area contributed by atoms with Crippen molar-refractivity contribution >= 4 is 29.1 Å². The molecule has 1 fully saturated rings. The van der Waals surface area contributed by atoms with E-state index in [1.807, 2.05) is 36.9 Å². The molecule has 0 unspecified atom stereocenters. The Kier molecular flexibility index (Phi) is 5.53. The molecule has 1 saturated heterocycles. The van der Waals surface area contributed by atoms with Gasteiger partial charge in [0.2, 0.25) is 5.95 Å². The quantitative estimate of drug-likeness (QED) is 0.877. The van der Waals surface area contributed by atoms with Crippen LogP contribution in [0.4, 0.5) is 11.6 Å². The molecule has 0 saturated carbocycles. The van der Waals surface area contributed by atoms with E-state index in [1.165, 1.54) is 12.8 Å². The van der Waals surface area contributed by atoms with E-state index >= 15 is 0 Å². The number of anilines is 2. The van der Waals surface area contributed by atoms with Gasteiger partial charge in [-0.25, -0.2) is 9.97 Å². The summed E-state index contributed by atoms with van der Waals surface area (Å²) < 4.78 is 0. The number of carbonyl (C=O) groups is 1. The fourth-order valence-corrected chi connectivity index (χ4v) is 3.15. The van der Waals surface area contributed by atoms with E-state index in [4.69, 9.17) is 11.6 Å². The zero-order valence-electron chi connectivity index (χ0n) is 14.7. The van der Waals surface area contributed by atoms with E-state index < -0.39 is 0 Å². The van der Waals surface area contributed by atoms with E-state index in [1.54, 1.807) is 6.07 Å². The molecule has 2 heterocycles. The minimum absolute atomic E-state index is 0.0163. The average molecular weight is 359 g/mol. The molecule has 1 aromatic heterocycles. The molecule has 0 spiro atoms. The number of likely N-dealkylation sites (tertiary alicyclic amines) is 1. The summed E-state index contributed by atoms with van der Waals surface area (Å²) in [6.07, 6.45) is 4.49. The van der Waals surface area contributed by atoms with E-state index in [0.717, 1.165) is 42.9 Å². The van der Waals surface area contributed by atoms with Gasteiger partial charge in [-0.05, 0) is 50.5 Å². The largest absolute Gasteiger partial charge is 0.337 e. The number of amides is 1. The SMILES string of the molecule is Cc1cc(C(=O)N2CCCCCC2)nc(Nc2ccc(C)c(Cl)c2)n1. The number of aryl methyl sites for hydroxylation is 2. The number of aromatic nitrogens is 2. The maximum Gasteiger partial charge on any atom is 0.272 e. The number of hydrogen-bond acceptors (Lipinski definition) is 4. The van der Waals surface area contributed by atoms with Gasteiger partial charge >= 0.3 is 0 Å². The Hall–Kier alpha value is -2.14. The van der Waals surface area contributed by atoms with E-state index in [2.05, 4.69) is 15.3 Å². The molecule has 1 amide bonds. The topological polar surface area (TPSA) is 58.1 Å². The van der Waals surface area contributed by atoms with Crippen LogP contribution in [-0.2, 0) is 0 Å². The van der Waals surface area contributed by atoms with Crippen LogP contribution in [0.15, 0.2) is 24.3 Å². The maximum atomic E-state index is 12.8. The Bertz CT molecular complexity index is 770. The molecule has 1 N–H and O–H groups in total. The minimum atomic E-state index is -0.0163. The van der Waals surface area contributed by atoms with Crippen molar-refractivity contribution in [2.24, 2.45) is 0 Å². The second kappa shape index (κ2) is 7.83. The fourth-order valence-electron chi connectivity index (χ4n) is 2.97. The van der Waals surface area contributed by atoms with Crippen molar-refractivity contribution in [3.05, 3.63) is 46.2 Å². The van der Waals surface area contributed by atoms with E-state index in [9.17, 15) is 4.79 Å². The first-order valence-corrected chi connectivity index (χ1v) is 9.09. The molecule has 1 aliphatic heterocycles. The van der Waals surface area contributed by atoms with Crippen LogP contribution < -0.4 is 5.32 Å². The van der Waals surface area contributed by atoms with Gasteiger partial charge in [-0.1, -0.05) is 30.5 Å². The van der Waals surface area contributed by atoms with Gasteiger partial charge in [-0.15, -0.1) is 0 Å². The molecule has 0 atom stereocenters. The number of rotatable bonds is 3. The van der Waals surface area contributed by atoms with Gasteiger partial charge in [-0.3, -0.25) is 4.79 Å². The van der Waals surface area contributed by atoms with Crippen LogP contribution in [0.5, 0.6) is 0 Å². The van der Waals surface area contributed by atoms with Crippen LogP contribution in [0.2, 0.25) is 5.02 Å². The van der Waals surface area contributed by atoms with Crippen LogP contribution in [-0.4, -0.2) is 33.9 Å². The summed E-state index contributed by atoms with van der Waals surface area (Å²) in [6.45, 7) is 5.43. The Labute approximate surface area is 153 Å². The molecule has 5 nitrogen and oxygen atoms in total. The summed E-state index contributed by atoms with van der Waals surface area (Å²) in [5, 5.41) is 3.83. The predicted molar refractivity (Wildman–Crippen MR) is 101 cm³/mol. The lowest BCUT2D eigenvalue weighted by molar-refractivity contribution is 0.0755. The van der Waals surface area contributed by atoms with Gasteiger partial charge in [0.25, 0.3) is 5.91 Å². The predicted octanol–water partition coefficient (Wildman–Crippen LogP) is 4.51. The molecule has 0 radical (unpaired) electrons. The highest BCUT2D eigenvalue weighted by Crippen LogP contribution is 2.22. The highest BCUT2D eigenvalue weighted by molar-refractivity contribution is 6.31. The lowest BCUT2D eigenvalue weighted by Gasteiger charge is -2.20. The van der Waals surface area contributed by atoms with Crippen molar-refractivity contribution < 1.29 is 4.79 Å². The molecule has 132 valence electrons. The van der Waals surface area contributed by atoms with Gasteiger partial charge < -0.3 is 10.2 Å². The van der Waals surface area contributed by atoms with Crippen LogP contribution in [0, 0.1) is 13.8 Å². The van der Waals surface area contributed by atoms with Crippen molar-refractivity contribution in [1.29, 1.82) is 0 Å². The average Bonchev–Trinajstić information content (AvgIpc) is 2.86. The summed E-state index contributed by atoms with van der Waals surface area (Å²) in [5.74, 6) is 0.399. The van der Waals surface area contributed by atoms with Crippen molar-refractivity contribution in [2.75, 3.05) is 18.4 Å². The van der Waals surface area contributed by atoms with Crippen molar-refractivity contribution in [2.45, 2.75) is 39.5 Å². The first-order chi connectivity index (χ1) is 12.0. The fraction of sp³-hybridized carbons (Fsp3) is 0.421. The molecule has 25 heavy (non-hydrogen) atoms. The Morgan fingerprint density at radius 2 is 1.80 bits per heavy atom. The third-order valence-electron chi connectivity index (χ3n) is 4.39. The smallest absolute Gasteiger partial charge is 0.272 e. The summed E-state index contributed by atoms with van der Waals surface area (Å²) in [7, 11) is 0. The molecule has 6 heteroatoms. The Balaban J connectivity index is 1.82. The molecular weight excluding hydrogens is 336 g/mol. The molecule has 0 aliphatic carbocycles. The first-order valence-electron chi connectivity index (χ1n) is 8.71. The molecule has 0 bridgehead atoms. The lowest BCUT2D eigenvalue weighted by Crippen LogP contribution is -2.32. The monoisotopic (exact) mass is 358 g/mol. The van der Waals surface area contributed by atoms with Crippen LogP contribution in [0.25, 0.3) is 0 Å². The number of nitrogens with zero attached hydrogens (tertiary/aromatic N) is 3. The number of halogens is 1. The van der Waals surface area contributed by atoms with Crippen LogP contribution >= 0.6 is 11.6 Å². The highest BCUT2D eigenvalue weighted by atomic mass is 35.5. The summed E-state index contributed by atoms with van der Waals surface area (Å²) in [6, 6.07) is 7.44. The number of benzene rings is 1. The van der Waals surface area contributed by atoms with E-state index in [0.29, 0.717) is 16.7 Å².